The van der Waals surface area contributed by atoms with Gasteiger partial charge in [0.2, 0.25) is 10.0 Å². The summed E-state index contributed by atoms with van der Waals surface area (Å²) in [7, 11) is -7.65. The van der Waals surface area contributed by atoms with E-state index >= 15 is 0 Å². The minimum absolute atomic E-state index is 0.0344. The van der Waals surface area contributed by atoms with Crippen molar-refractivity contribution in [3.63, 3.8) is 0 Å². The van der Waals surface area contributed by atoms with Crippen LogP contribution in [-0.4, -0.2) is 27.0 Å². The molecule has 4 N–H and O–H groups in total. The highest BCUT2D eigenvalue weighted by Crippen LogP contribution is 2.31. The van der Waals surface area contributed by atoms with Gasteiger partial charge in [-0.05, 0) is 36.8 Å². The van der Waals surface area contributed by atoms with Crippen molar-refractivity contribution < 1.29 is 16.8 Å². The SMILES string of the molecule is Cc1cc(-c2nnc(NNS(=O)(=O)c3ccccc3)c3ccccc23)ccc1S(N)(=O)=O. The number of nitrogens with one attached hydrogen (secondary N) is 2. The molecule has 0 atom stereocenters. The maximum Gasteiger partial charge on any atom is 0.257 e. The summed E-state index contributed by atoms with van der Waals surface area (Å²) in [5.41, 5.74) is 4.28. The second-order valence-electron chi connectivity index (χ2n) is 7.01. The van der Waals surface area contributed by atoms with Crippen molar-refractivity contribution in [1.29, 1.82) is 0 Å². The molecule has 9 nitrogen and oxygen atoms in total. The third-order valence-electron chi connectivity index (χ3n) is 4.80. The van der Waals surface area contributed by atoms with E-state index in [0.29, 0.717) is 27.6 Å². The van der Waals surface area contributed by atoms with Gasteiger partial charge in [0, 0.05) is 16.3 Å². The first-order valence-electron chi connectivity index (χ1n) is 9.39. The number of nitrogens with zero attached hydrogens (tertiary/aromatic N) is 2. The quantitative estimate of drug-likeness (QED) is 0.368. The molecule has 1 aromatic heterocycles. The number of hydrazine groups is 1. The lowest BCUT2D eigenvalue weighted by molar-refractivity contribution is 0.587. The van der Waals surface area contributed by atoms with E-state index in [1.165, 1.54) is 18.2 Å². The van der Waals surface area contributed by atoms with E-state index in [0.717, 1.165) is 0 Å². The Kier molecular flexibility index (Phi) is 5.65. The number of sulfonamides is 2. The van der Waals surface area contributed by atoms with Gasteiger partial charge < -0.3 is 0 Å². The van der Waals surface area contributed by atoms with Crippen molar-refractivity contribution in [2.75, 3.05) is 5.43 Å². The Morgan fingerprint density at radius 3 is 2.12 bits per heavy atom. The van der Waals surface area contributed by atoms with E-state index in [9.17, 15) is 16.8 Å². The summed E-state index contributed by atoms with van der Waals surface area (Å²) < 4.78 is 48.4. The minimum Gasteiger partial charge on any atom is -0.290 e. The lowest BCUT2D eigenvalue weighted by atomic mass is 10.0. The number of aryl methyl sites for hydroxylation is 1. The van der Waals surface area contributed by atoms with Crippen LogP contribution in [0.25, 0.3) is 22.0 Å². The number of rotatable bonds is 6. The highest BCUT2D eigenvalue weighted by atomic mass is 32.2. The van der Waals surface area contributed by atoms with Crippen molar-refractivity contribution in [2.24, 2.45) is 5.14 Å². The molecule has 3 aromatic carbocycles. The molecule has 1 heterocycles. The van der Waals surface area contributed by atoms with E-state index in [1.807, 2.05) is 12.1 Å². The van der Waals surface area contributed by atoms with E-state index in [2.05, 4.69) is 20.5 Å². The number of fused-ring (bicyclic) bond motifs is 1. The maximum atomic E-state index is 12.5. The van der Waals surface area contributed by atoms with Gasteiger partial charge in [-0.1, -0.05) is 48.5 Å². The van der Waals surface area contributed by atoms with Gasteiger partial charge in [-0.15, -0.1) is 15.0 Å². The Morgan fingerprint density at radius 2 is 1.47 bits per heavy atom. The topological polar surface area (TPSA) is 144 Å². The Balaban J connectivity index is 1.72. The summed E-state index contributed by atoms with van der Waals surface area (Å²) >= 11 is 0. The molecule has 4 rings (SSSR count). The third-order valence-corrected chi connectivity index (χ3v) is 7.13. The standard InChI is InChI=1S/C21H19N5O4S2/c1-14-13-15(11-12-19(14)31(22,27)28)20-17-9-5-6-10-18(17)21(24-23-20)25-26-32(29,30)16-7-3-2-4-8-16/h2-13,26H,1H3,(H,24,25)(H2,22,27,28). The Hall–Kier alpha value is -3.38. The van der Waals surface area contributed by atoms with Crippen LogP contribution in [0.15, 0.2) is 82.6 Å². The van der Waals surface area contributed by atoms with E-state index in [1.54, 1.807) is 49.4 Å². The smallest absolute Gasteiger partial charge is 0.257 e. The van der Waals surface area contributed by atoms with Gasteiger partial charge in [-0.3, -0.25) is 5.43 Å². The number of hydrogen-bond donors (Lipinski definition) is 3. The van der Waals surface area contributed by atoms with Crippen LogP contribution in [0, 0.1) is 6.92 Å². The predicted octanol–water partition coefficient (Wildman–Crippen LogP) is 2.56. The second kappa shape index (κ2) is 8.28. The first-order valence-corrected chi connectivity index (χ1v) is 12.4. The molecule has 4 aromatic rings. The zero-order valence-electron chi connectivity index (χ0n) is 16.8. The van der Waals surface area contributed by atoms with Crippen molar-refractivity contribution in [3.05, 3.63) is 78.4 Å². The van der Waals surface area contributed by atoms with Crippen LogP contribution in [0.1, 0.15) is 5.56 Å². The van der Waals surface area contributed by atoms with Gasteiger partial charge in [-0.2, -0.15) is 0 Å². The van der Waals surface area contributed by atoms with E-state index < -0.39 is 20.0 Å². The predicted molar refractivity (Wildman–Crippen MR) is 121 cm³/mol. The fourth-order valence-electron chi connectivity index (χ4n) is 3.30. The van der Waals surface area contributed by atoms with Gasteiger partial charge in [0.15, 0.2) is 5.82 Å². The summed E-state index contributed by atoms with van der Waals surface area (Å²) in [5.74, 6) is 0.224. The molecule has 0 radical (unpaired) electrons. The average Bonchev–Trinajstić information content (AvgIpc) is 2.77. The molecule has 0 aliphatic heterocycles. The number of aromatic nitrogens is 2. The summed E-state index contributed by atoms with van der Waals surface area (Å²) in [6.07, 6.45) is 0. The number of anilines is 1. The van der Waals surface area contributed by atoms with Crippen molar-refractivity contribution in [2.45, 2.75) is 16.7 Å². The Morgan fingerprint density at radius 1 is 0.812 bits per heavy atom. The van der Waals surface area contributed by atoms with Crippen LogP contribution in [0.3, 0.4) is 0 Å². The normalized spacial score (nSPS) is 12.1. The largest absolute Gasteiger partial charge is 0.290 e. The molecule has 32 heavy (non-hydrogen) atoms. The van der Waals surface area contributed by atoms with Crippen LogP contribution in [0.2, 0.25) is 0 Å². The highest BCUT2D eigenvalue weighted by molar-refractivity contribution is 7.89. The lowest BCUT2D eigenvalue weighted by Crippen LogP contribution is -2.30. The lowest BCUT2D eigenvalue weighted by Gasteiger charge is -2.13. The van der Waals surface area contributed by atoms with Crippen molar-refractivity contribution in [3.8, 4) is 11.3 Å². The molecular weight excluding hydrogens is 450 g/mol. The number of benzene rings is 3. The molecule has 0 fully saturated rings. The number of primary sulfonamides is 1. The van der Waals surface area contributed by atoms with Gasteiger partial charge >= 0.3 is 0 Å². The second-order valence-corrected chi connectivity index (χ2v) is 10.2. The molecule has 0 aliphatic carbocycles. The fourth-order valence-corrected chi connectivity index (χ4v) is 4.93. The van der Waals surface area contributed by atoms with Crippen LogP contribution in [0.4, 0.5) is 5.82 Å². The zero-order chi connectivity index (χ0) is 22.9. The summed E-state index contributed by atoms with van der Waals surface area (Å²) in [4.78, 5) is 2.45. The summed E-state index contributed by atoms with van der Waals surface area (Å²) in [5, 5.41) is 15.0. The van der Waals surface area contributed by atoms with Crippen LogP contribution in [0.5, 0.6) is 0 Å². The molecule has 0 bridgehead atoms. The number of hydrogen-bond acceptors (Lipinski definition) is 7. The van der Waals surface area contributed by atoms with Gasteiger partial charge in [0.25, 0.3) is 10.0 Å². The Bertz CT molecular complexity index is 1520. The molecule has 0 saturated carbocycles. The van der Waals surface area contributed by atoms with Crippen LogP contribution >= 0.6 is 0 Å². The molecule has 164 valence electrons. The average molecular weight is 470 g/mol. The zero-order valence-corrected chi connectivity index (χ0v) is 18.5. The van der Waals surface area contributed by atoms with Gasteiger partial charge in [0.1, 0.15) is 5.69 Å². The number of nitrogens with two attached hydrogens (primary N) is 1. The minimum atomic E-state index is -3.84. The van der Waals surface area contributed by atoms with Crippen molar-refractivity contribution >= 4 is 36.6 Å². The van der Waals surface area contributed by atoms with Gasteiger partial charge in [-0.25, -0.2) is 22.0 Å². The summed E-state index contributed by atoms with van der Waals surface area (Å²) in [6, 6.07) is 19.8. The van der Waals surface area contributed by atoms with Gasteiger partial charge in [0.05, 0.1) is 9.79 Å². The molecule has 0 amide bonds. The molecular formula is C21H19N5O4S2. The fraction of sp³-hybridized carbons (Fsp3) is 0.0476. The summed E-state index contributed by atoms with van der Waals surface area (Å²) in [6.45, 7) is 1.65. The van der Waals surface area contributed by atoms with E-state index in [-0.39, 0.29) is 15.6 Å². The third kappa shape index (κ3) is 4.32. The Labute approximate surface area is 185 Å². The maximum absolute atomic E-state index is 12.5. The van der Waals surface area contributed by atoms with Crippen LogP contribution < -0.4 is 15.4 Å². The first kappa shape index (κ1) is 21.8. The molecule has 0 aliphatic rings. The van der Waals surface area contributed by atoms with Crippen molar-refractivity contribution in [1.82, 2.24) is 15.0 Å². The van der Waals surface area contributed by atoms with Crippen LogP contribution in [-0.2, 0) is 20.0 Å². The molecule has 0 unspecified atom stereocenters. The molecule has 11 heteroatoms. The monoisotopic (exact) mass is 469 g/mol. The molecule has 0 spiro atoms. The molecule has 0 saturated heterocycles. The highest BCUT2D eigenvalue weighted by Gasteiger charge is 2.17. The first-order chi connectivity index (χ1) is 15.2. The van der Waals surface area contributed by atoms with E-state index in [4.69, 9.17) is 5.14 Å².